The van der Waals surface area contributed by atoms with Gasteiger partial charge in [-0.05, 0) is 34.4 Å². The molecule has 5 nitrogen and oxygen atoms in total. The van der Waals surface area contributed by atoms with Crippen LogP contribution in [0.25, 0.3) is 0 Å². The number of hydrogen-bond donors (Lipinski definition) is 1. The highest BCUT2D eigenvalue weighted by Gasteiger charge is 2.49. The van der Waals surface area contributed by atoms with Gasteiger partial charge in [-0.25, -0.2) is 13.8 Å². The van der Waals surface area contributed by atoms with Gasteiger partial charge >= 0.3 is 0 Å². The average molecular weight is 433 g/mol. The number of aliphatic imine (C=N–C) groups is 1. The highest BCUT2D eigenvalue weighted by atomic mass is 19.1. The Bertz CT molecular complexity index is 1210. The fraction of sp³-hybridized carbons (Fsp3) is 0.160. The molecule has 0 aliphatic carbocycles. The lowest BCUT2D eigenvalue weighted by atomic mass is 9.82. The van der Waals surface area contributed by atoms with Gasteiger partial charge in [0, 0.05) is 26.0 Å². The van der Waals surface area contributed by atoms with E-state index >= 15 is 0 Å². The Hall–Kier alpha value is -3.87. The molecule has 0 saturated heterocycles. The van der Waals surface area contributed by atoms with E-state index in [9.17, 15) is 18.4 Å². The number of halogens is 2. The van der Waals surface area contributed by atoms with Gasteiger partial charge in [0.05, 0.1) is 0 Å². The van der Waals surface area contributed by atoms with Crippen LogP contribution in [0.4, 0.5) is 8.78 Å². The van der Waals surface area contributed by atoms with Gasteiger partial charge in [0.25, 0.3) is 5.91 Å². The van der Waals surface area contributed by atoms with Crippen molar-refractivity contribution < 1.29 is 18.4 Å². The molecule has 32 heavy (non-hydrogen) atoms. The number of carbonyl (C=O) groups is 2. The van der Waals surface area contributed by atoms with E-state index in [1.165, 1.54) is 4.90 Å². The Labute approximate surface area is 184 Å². The first-order chi connectivity index (χ1) is 15.3. The van der Waals surface area contributed by atoms with Crippen molar-refractivity contribution in [3.05, 3.63) is 107 Å². The first kappa shape index (κ1) is 21.4. The van der Waals surface area contributed by atoms with Crippen molar-refractivity contribution in [3.8, 4) is 0 Å². The van der Waals surface area contributed by atoms with Gasteiger partial charge in [-0.2, -0.15) is 0 Å². The Morgan fingerprint density at radius 3 is 2.16 bits per heavy atom. The molecule has 0 spiro atoms. The normalized spacial score (nSPS) is 18.0. The second-order valence-electron chi connectivity index (χ2n) is 7.78. The zero-order valence-electron chi connectivity index (χ0n) is 17.4. The van der Waals surface area contributed by atoms with Crippen LogP contribution in [0.5, 0.6) is 0 Å². The summed E-state index contributed by atoms with van der Waals surface area (Å²) in [5.74, 6) is -1.84. The molecular formula is C25H21F2N3O2. The molecule has 0 radical (unpaired) electrons. The van der Waals surface area contributed by atoms with Crippen LogP contribution in [0, 0.1) is 11.6 Å². The van der Waals surface area contributed by atoms with Crippen LogP contribution in [0.1, 0.15) is 22.3 Å². The molecular weight excluding hydrogens is 412 g/mol. The third-order valence-electron chi connectivity index (χ3n) is 5.50. The van der Waals surface area contributed by atoms with Crippen molar-refractivity contribution in [2.75, 3.05) is 7.05 Å². The van der Waals surface area contributed by atoms with Crippen molar-refractivity contribution in [1.29, 1.82) is 0 Å². The molecule has 1 atom stereocenters. The molecule has 3 aromatic rings. The molecule has 0 aromatic heterocycles. The fourth-order valence-electron chi connectivity index (χ4n) is 4.00. The molecule has 1 unspecified atom stereocenters. The van der Waals surface area contributed by atoms with Crippen molar-refractivity contribution >= 4 is 17.6 Å². The van der Waals surface area contributed by atoms with Crippen LogP contribution in [-0.4, -0.2) is 29.6 Å². The Morgan fingerprint density at radius 1 is 0.906 bits per heavy atom. The zero-order valence-corrected chi connectivity index (χ0v) is 17.4. The minimum absolute atomic E-state index is 0.0417. The topological polar surface area (TPSA) is 75.8 Å². The number of likely N-dealkylation sites (N-methyl/N-ethyl adjacent to an activating group) is 1. The molecule has 162 valence electrons. The first-order valence-corrected chi connectivity index (χ1v) is 10.0. The second-order valence-corrected chi connectivity index (χ2v) is 7.78. The van der Waals surface area contributed by atoms with Gasteiger partial charge in [0.2, 0.25) is 0 Å². The van der Waals surface area contributed by atoms with E-state index in [1.54, 1.807) is 31.3 Å². The maximum absolute atomic E-state index is 13.4. The number of guanidine groups is 1. The molecule has 0 fully saturated rings. The largest absolute Gasteiger partial charge is 0.369 e. The molecule has 1 aliphatic heterocycles. The molecule has 7 heteroatoms. The van der Waals surface area contributed by atoms with Crippen molar-refractivity contribution in [2.45, 2.75) is 18.4 Å². The quantitative estimate of drug-likeness (QED) is 0.648. The molecule has 2 N–H and O–H groups in total. The van der Waals surface area contributed by atoms with E-state index in [0.29, 0.717) is 16.7 Å². The van der Waals surface area contributed by atoms with E-state index < -0.39 is 17.2 Å². The average Bonchev–Trinajstić information content (AvgIpc) is 2.98. The third-order valence-corrected chi connectivity index (χ3v) is 5.50. The predicted octanol–water partition coefficient (Wildman–Crippen LogP) is 3.35. The van der Waals surface area contributed by atoms with E-state index in [-0.39, 0.29) is 36.1 Å². The van der Waals surface area contributed by atoms with Crippen LogP contribution in [0.15, 0.2) is 77.8 Å². The summed E-state index contributed by atoms with van der Waals surface area (Å²) in [6.45, 7) is 0. The van der Waals surface area contributed by atoms with Gasteiger partial charge in [-0.15, -0.1) is 0 Å². The Balaban J connectivity index is 1.66. The first-order valence-electron chi connectivity index (χ1n) is 10.0. The smallest absolute Gasteiger partial charge is 0.266 e. The number of Topliss-reactive ketones (excluding diaryl/α,β-unsaturated/α-hetero) is 1. The van der Waals surface area contributed by atoms with Crippen LogP contribution < -0.4 is 5.73 Å². The Morgan fingerprint density at radius 2 is 1.53 bits per heavy atom. The van der Waals surface area contributed by atoms with Crippen molar-refractivity contribution in [3.63, 3.8) is 0 Å². The van der Waals surface area contributed by atoms with E-state index in [2.05, 4.69) is 4.99 Å². The zero-order chi connectivity index (χ0) is 22.9. The van der Waals surface area contributed by atoms with E-state index in [1.807, 2.05) is 30.3 Å². The number of nitrogens with zero attached hydrogens (tertiary/aromatic N) is 2. The van der Waals surface area contributed by atoms with Crippen LogP contribution >= 0.6 is 0 Å². The van der Waals surface area contributed by atoms with Crippen molar-refractivity contribution in [2.24, 2.45) is 10.7 Å². The van der Waals surface area contributed by atoms with Crippen LogP contribution in [0.3, 0.4) is 0 Å². The fourth-order valence-corrected chi connectivity index (χ4v) is 4.00. The number of ketones is 1. The monoisotopic (exact) mass is 433 g/mol. The van der Waals surface area contributed by atoms with Crippen LogP contribution in [0.2, 0.25) is 0 Å². The maximum atomic E-state index is 13.4. The molecule has 0 saturated carbocycles. The summed E-state index contributed by atoms with van der Waals surface area (Å²) in [4.78, 5) is 31.7. The number of benzene rings is 3. The summed E-state index contributed by atoms with van der Waals surface area (Å²) in [6.07, 6.45) is -0.0599. The van der Waals surface area contributed by atoms with E-state index in [4.69, 9.17) is 5.73 Å². The van der Waals surface area contributed by atoms with E-state index in [0.717, 1.165) is 18.2 Å². The minimum atomic E-state index is -1.34. The number of amides is 1. The summed E-state index contributed by atoms with van der Waals surface area (Å²) < 4.78 is 26.8. The molecule has 1 amide bonds. The number of rotatable bonds is 6. The summed E-state index contributed by atoms with van der Waals surface area (Å²) in [5, 5.41) is 0. The molecule has 3 aromatic carbocycles. The van der Waals surface area contributed by atoms with Gasteiger partial charge in [0.15, 0.2) is 11.5 Å². The maximum Gasteiger partial charge on any atom is 0.266 e. The molecule has 1 heterocycles. The third kappa shape index (κ3) is 3.89. The lowest BCUT2D eigenvalue weighted by Crippen LogP contribution is -2.41. The lowest BCUT2D eigenvalue weighted by molar-refractivity contribution is -0.129. The summed E-state index contributed by atoms with van der Waals surface area (Å²) in [5.41, 5.74) is 6.83. The number of hydrogen-bond acceptors (Lipinski definition) is 4. The van der Waals surface area contributed by atoms with Gasteiger partial charge in [0.1, 0.15) is 17.4 Å². The highest BCUT2D eigenvalue weighted by Crippen LogP contribution is 2.39. The van der Waals surface area contributed by atoms with Gasteiger partial charge in [-0.1, -0.05) is 54.6 Å². The molecule has 0 bridgehead atoms. The molecule has 1 aliphatic rings. The van der Waals surface area contributed by atoms with Crippen molar-refractivity contribution in [1.82, 2.24) is 4.90 Å². The summed E-state index contributed by atoms with van der Waals surface area (Å²) in [7, 11) is 1.57. The SMILES string of the molecule is CN1C(=O)C(c2ccccc2)(c2cccc(CC(=O)Cc3cc(F)cc(F)c3)c2)N=C1N. The lowest BCUT2D eigenvalue weighted by Gasteiger charge is -2.26. The molecule has 4 rings (SSSR count). The predicted molar refractivity (Wildman–Crippen MR) is 117 cm³/mol. The van der Waals surface area contributed by atoms with Gasteiger partial charge < -0.3 is 5.73 Å². The standard InChI is InChI=1S/C25H21F2N3O2/c1-30-23(32)25(29-24(30)28,18-7-3-2-4-8-18)19-9-5-6-16(10-19)13-22(31)14-17-11-20(26)15-21(27)12-17/h2-12,15H,13-14H2,1H3,(H2,28,29). The highest BCUT2D eigenvalue weighted by molar-refractivity contribution is 6.08. The Kier molecular flexibility index (Phi) is 5.57. The number of nitrogens with two attached hydrogens (primary N) is 1. The number of carbonyl (C=O) groups excluding carboxylic acids is 2. The van der Waals surface area contributed by atoms with Gasteiger partial charge in [-0.3, -0.25) is 14.5 Å². The summed E-state index contributed by atoms with van der Waals surface area (Å²) >= 11 is 0. The minimum Gasteiger partial charge on any atom is -0.369 e. The summed E-state index contributed by atoms with van der Waals surface area (Å²) in [6, 6.07) is 19.2. The van der Waals surface area contributed by atoms with Crippen LogP contribution in [-0.2, 0) is 28.0 Å². The second kappa shape index (κ2) is 8.34.